The van der Waals surface area contributed by atoms with E-state index in [4.69, 9.17) is 5.73 Å². The SMILES string of the molecule is CC.Cc1cc(CN)cc(C(F)(F)F)c1. The molecule has 86 valence electrons. The summed E-state index contributed by atoms with van der Waals surface area (Å²) in [7, 11) is 0. The van der Waals surface area contributed by atoms with Gasteiger partial charge in [-0.3, -0.25) is 0 Å². The standard InChI is InChI=1S/C9H10F3N.C2H6/c1-6-2-7(5-13)4-8(3-6)9(10,11)12;1-2/h2-4H,5,13H2,1H3;1-2H3. The normalized spacial score (nSPS) is 10.6. The Balaban J connectivity index is 0.000000921. The summed E-state index contributed by atoms with van der Waals surface area (Å²) >= 11 is 0. The Morgan fingerprint density at radius 2 is 1.67 bits per heavy atom. The van der Waals surface area contributed by atoms with Gasteiger partial charge in [-0.05, 0) is 24.6 Å². The molecule has 1 aromatic rings. The van der Waals surface area contributed by atoms with Gasteiger partial charge in [-0.2, -0.15) is 13.2 Å². The molecule has 0 aromatic heterocycles. The molecule has 0 heterocycles. The summed E-state index contributed by atoms with van der Waals surface area (Å²) in [6, 6.07) is 3.83. The van der Waals surface area contributed by atoms with Crippen molar-refractivity contribution in [1.29, 1.82) is 0 Å². The predicted octanol–water partition coefficient (Wildman–Crippen LogP) is 3.50. The van der Waals surface area contributed by atoms with Gasteiger partial charge in [0.15, 0.2) is 0 Å². The summed E-state index contributed by atoms with van der Waals surface area (Å²) in [6.45, 7) is 5.75. The van der Waals surface area contributed by atoms with Gasteiger partial charge in [0.25, 0.3) is 0 Å². The van der Waals surface area contributed by atoms with E-state index in [1.165, 1.54) is 0 Å². The van der Waals surface area contributed by atoms with E-state index in [-0.39, 0.29) is 6.54 Å². The van der Waals surface area contributed by atoms with Crippen molar-refractivity contribution in [3.05, 3.63) is 34.9 Å². The zero-order valence-electron chi connectivity index (χ0n) is 9.15. The van der Waals surface area contributed by atoms with Crippen molar-refractivity contribution in [2.75, 3.05) is 0 Å². The number of aryl methyl sites for hydroxylation is 1. The summed E-state index contributed by atoms with van der Waals surface area (Å²) in [4.78, 5) is 0. The Bertz CT molecular complexity index is 305. The third kappa shape index (κ3) is 4.34. The quantitative estimate of drug-likeness (QED) is 0.768. The van der Waals surface area contributed by atoms with Gasteiger partial charge >= 0.3 is 6.18 Å². The molecular formula is C11H16F3N. The average molecular weight is 219 g/mol. The van der Waals surface area contributed by atoms with Crippen molar-refractivity contribution in [1.82, 2.24) is 0 Å². The summed E-state index contributed by atoms with van der Waals surface area (Å²) in [5.74, 6) is 0. The first-order valence-corrected chi connectivity index (χ1v) is 4.81. The molecule has 0 fully saturated rings. The van der Waals surface area contributed by atoms with Crippen LogP contribution in [0.25, 0.3) is 0 Å². The lowest BCUT2D eigenvalue weighted by atomic mass is 10.1. The van der Waals surface area contributed by atoms with Crippen molar-refractivity contribution in [3.63, 3.8) is 0 Å². The van der Waals surface area contributed by atoms with E-state index in [0.717, 1.165) is 12.1 Å². The third-order valence-corrected chi connectivity index (χ3v) is 1.70. The number of rotatable bonds is 1. The number of hydrogen-bond donors (Lipinski definition) is 1. The van der Waals surface area contributed by atoms with Gasteiger partial charge < -0.3 is 5.73 Å². The molecule has 0 spiro atoms. The molecule has 15 heavy (non-hydrogen) atoms. The van der Waals surface area contributed by atoms with Crippen LogP contribution in [0.15, 0.2) is 18.2 Å². The van der Waals surface area contributed by atoms with Crippen LogP contribution in [0.3, 0.4) is 0 Å². The van der Waals surface area contributed by atoms with E-state index in [1.807, 2.05) is 13.8 Å². The van der Waals surface area contributed by atoms with Crippen LogP contribution in [0.5, 0.6) is 0 Å². The van der Waals surface area contributed by atoms with Crippen LogP contribution in [-0.4, -0.2) is 0 Å². The molecule has 0 saturated carbocycles. The van der Waals surface area contributed by atoms with Gasteiger partial charge in [0.2, 0.25) is 0 Å². The van der Waals surface area contributed by atoms with Crippen molar-refractivity contribution in [2.24, 2.45) is 5.73 Å². The Morgan fingerprint density at radius 3 is 2.07 bits per heavy atom. The van der Waals surface area contributed by atoms with E-state index < -0.39 is 11.7 Å². The zero-order valence-corrected chi connectivity index (χ0v) is 9.15. The van der Waals surface area contributed by atoms with Gasteiger partial charge in [0.1, 0.15) is 0 Å². The predicted molar refractivity (Wildman–Crippen MR) is 55.4 cm³/mol. The molecule has 0 atom stereocenters. The Labute approximate surface area is 88.1 Å². The molecule has 0 bridgehead atoms. The fourth-order valence-electron chi connectivity index (χ4n) is 1.14. The minimum atomic E-state index is -4.28. The Morgan fingerprint density at radius 1 is 1.13 bits per heavy atom. The molecule has 0 radical (unpaired) electrons. The summed E-state index contributed by atoms with van der Waals surface area (Å²) < 4.78 is 36.7. The molecule has 4 heteroatoms. The second-order valence-electron chi connectivity index (χ2n) is 2.91. The van der Waals surface area contributed by atoms with Crippen LogP contribution in [0.4, 0.5) is 13.2 Å². The second-order valence-corrected chi connectivity index (χ2v) is 2.91. The number of nitrogens with two attached hydrogens (primary N) is 1. The van der Waals surface area contributed by atoms with Crippen LogP contribution in [0, 0.1) is 6.92 Å². The minimum Gasteiger partial charge on any atom is -0.326 e. The van der Waals surface area contributed by atoms with Crippen LogP contribution in [-0.2, 0) is 12.7 Å². The number of hydrogen-bond acceptors (Lipinski definition) is 1. The molecule has 0 aliphatic heterocycles. The second kappa shape index (κ2) is 5.75. The van der Waals surface area contributed by atoms with Crippen LogP contribution in [0.1, 0.15) is 30.5 Å². The highest BCUT2D eigenvalue weighted by Gasteiger charge is 2.30. The summed E-state index contributed by atoms with van der Waals surface area (Å²) in [6.07, 6.45) is -4.28. The summed E-state index contributed by atoms with van der Waals surface area (Å²) in [5, 5.41) is 0. The highest BCUT2D eigenvalue weighted by atomic mass is 19.4. The van der Waals surface area contributed by atoms with Crippen LogP contribution >= 0.6 is 0 Å². The van der Waals surface area contributed by atoms with E-state index in [1.54, 1.807) is 13.0 Å². The van der Waals surface area contributed by atoms with Gasteiger partial charge in [-0.1, -0.05) is 25.5 Å². The third-order valence-electron chi connectivity index (χ3n) is 1.70. The zero-order chi connectivity index (χ0) is 12.1. The first-order valence-electron chi connectivity index (χ1n) is 4.81. The van der Waals surface area contributed by atoms with Crippen LogP contribution in [0.2, 0.25) is 0 Å². The largest absolute Gasteiger partial charge is 0.416 e. The first-order chi connectivity index (χ1) is 6.93. The molecule has 0 amide bonds. The van der Waals surface area contributed by atoms with E-state index in [0.29, 0.717) is 11.1 Å². The molecule has 0 aliphatic rings. The van der Waals surface area contributed by atoms with E-state index in [2.05, 4.69) is 0 Å². The molecule has 0 unspecified atom stereocenters. The van der Waals surface area contributed by atoms with Gasteiger partial charge in [-0.15, -0.1) is 0 Å². The van der Waals surface area contributed by atoms with Crippen molar-refractivity contribution in [3.8, 4) is 0 Å². The van der Waals surface area contributed by atoms with E-state index in [9.17, 15) is 13.2 Å². The fraction of sp³-hybridized carbons (Fsp3) is 0.455. The number of halogens is 3. The highest BCUT2D eigenvalue weighted by Crippen LogP contribution is 2.30. The maximum Gasteiger partial charge on any atom is 0.416 e. The highest BCUT2D eigenvalue weighted by molar-refractivity contribution is 5.30. The van der Waals surface area contributed by atoms with Crippen molar-refractivity contribution >= 4 is 0 Å². The van der Waals surface area contributed by atoms with E-state index >= 15 is 0 Å². The Kier molecular flexibility index (Phi) is 5.36. The lowest BCUT2D eigenvalue weighted by Crippen LogP contribution is -2.07. The van der Waals surface area contributed by atoms with Gasteiger partial charge in [0.05, 0.1) is 5.56 Å². The van der Waals surface area contributed by atoms with Gasteiger partial charge in [-0.25, -0.2) is 0 Å². The lowest BCUT2D eigenvalue weighted by molar-refractivity contribution is -0.137. The molecular weight excluding hydrogens is 203 g/mol. The van der Waals surface area contributed by atoms with Crippen molar-refractivity contribution < 1.29 is 13.2 Å². The molecule has 0 aliphatic carbocycles. The minimum absolute atomic E-state index is 0.130. The lowest BCUT2D eigenvalue weighted by Gasteiger charge is -2.09. The Hall–Kier alpha value is -1.03. The fourth-order valence-corrected chi connectivity index (χ4v) is 1.14. The van der Waals surface area contributed by atoms with Crippen LogP contribution < -0.4 is 5.73 Å². The van der Waals surface area contributed by atoms with Crippen molar-refractivity contribution in [2.45, 2.75) is 33.5 Å². The molecule has 1 aromatic carbocycles. The monoisotopic (exact) mass is 219 g/mol. The maximum atomic E-state index is 12.2. The summed E-state index contributed by atoms with van der Waals surface area (Å²) in [5.41, 5.74) is 5.72. The number of benzene rings is 1. The topological polar surface area (TPSA) is 26.0 Å². The molecule has 2 N–H and O–H groups in total. The smallest absolute Gasteiger partial charge is 0.326 e. The first kappa shape index (κ1) is 14.0. The molecule has 1 nitrogen and oxygen atoms in total. The number of alkyl halides is 3. The average Bonchev–Trinajstić information content (AvgIpc) is 2.18. The van der Waals surface area contributed by atoms with Gasteiger partial charge in [0, 0.05) is 6.54 Å². The maximum absolute atomic E-state index is 12.2. The molecule has 0 saturated heterocycles. The molecule has 1 rings (SSSR count).